The van der Waals surface area contributed by atoms with Crippen LogP contribution >= 0.6 is 0 Å². The fraction of sp³-hybridized carbons (Fsp3) is 0.747. The van der Waals surface area contributed by atoms with Gasteiger partial charge in [0.15, 0.2) is 6.10 Å². The van der Waals surface area contributed by atoms with Gasteiger partial charge in [-0.25, -0.2) is 0 Å². The molecule has 0 radical (unpaired) electrons. The topological polar surface area (TPSA) is 78.9 Å². The molecule has 0 saturated heterocycles. The Balaban J connectivity index is 4.08. The van der Waals surface area contributed by atoms with Crippen LogP contribution in [0.3, 0.4) is 0 Å². The summed E-state index contributed by atoms with van der Waals surface area (Å²) in [7, 11) is 0. The molecule has 0 amide bonds. The van der Waals surface area contributed by atoms with E-state index in [1.807, 2.05) is 0 Å². The third-order valence-corrected chi connectivity index (χ3v) is 15.1. The quantitative estimate of drug-likeness (QED) is 0.0261. The van der Waals surface area contributed by atoms with Crippen molar-refractivity contribution < 1.29 is 28.6 Å². The number of unbranched alkanes of at least 4 members (excludes halogenated alkanes) is 36. The smallest absolute Gasteiger partial charge is 0.306 e. The second kappa shape index (κ2) is 68.8. The average molecular weight is 1130 g/mol. The van der Waals surface area contributed by atoms with Crippen LogP contribution in [0.1, 0.15) is 342 Å². The normalized spacial score (nSPS) is 12.7. The fourth-order valence-electron chi connectivity index (χ4n) is 9.89. The number of esters is 3. The van der Waals surface area contributed by atoms with Gasteiger partial charge in [-0.15, -0.1) is 0 Å². The van der Waals surface area contributed by atoms with Crippen LogP contribution in [0.15, 0.2) is 97.2 Å². The zero-order chi connectivity index (χ0) is 58.5. The van der Waals surface area contributed by atoms with Gasteiger partial charge in [-0.2, -0.15) is 0 Å². The Morgan fingerprint density at radius 1 is 0.259 bits per heavy atom. The third-order valence-electron chi connectivity index (χ3n) is 15.1. The number of rotatable bonds is 63. The Labute approximate surface area is 502 Å². The van der Waals surface area contributed by atoms with Gasteiger partial charge in [0.25, 0.3) is 0 Å². The molecule has 6 heteroatoms. The minimum Gasteiger partial charge on any atom is -0.462 e. The van der Waals surface area contributed by atoms with Crippen molar-refractivity contribution in [2.75, 3.05) is 13.2 Å². The molecule has 6 nitrogen and oxygen atoms in total. The lowest BCUT2D eigenvalue weighted by molar-refractivity contribution is -0.167. The maximum atomic E-state index is 12.9. The van der Waals surface area contributed by atoms with Crippen molar-refractivity contribution in [3.8, 4) is 0 Å². The van der Waals surface area contributed by atoms with Gasteiger partial charge in [-0.1, -0.05) is 317 Å². The third kappa shape index (κ3) is 67.0. The molecule has 1 unspecified atom stereocenters. The first-order valence-corrected chi connectivity index (χ1v) is 34.7. The fourth-order valence-corrected chi connectivity index (χ4v) is 9.89. The molecule has 0 heterocycles. The second-order valence-corrected chi connectivity index (χ2v) is 23.1. The summed E-state index contributed by atoms with van der Waals surface area (Å²) in [6.07, 6.45) is 93.2. The standard InChI is InChI=1S/C75H130O6/c1-4-7-10-13-16-18-20-22-24-26-28-30-32-34-35-36-37-38-39-41-42-44-46-48-50-52-54-56-59-62-65-68-74(77)80-71-72(70-79-73(76)67-64-61-58-15-12-9-6-3)81-75(78)69-66-63-60-57-55-53-51-49-47-45-43-40-33-31-29-27-25-23-21-19-17-14-11-8-5-2/h8,11,17,19-20,22-23,25-26,28-29,31-32,34,40,43,72H,4-7,9-10,12-16,18,21,24,27,30,33,35-39,41-42,44-71H2,1-3H3/b11-8-,19-17-,22-20-,25-23-,28-26-,31-29-,34-32-,43-40-. The molecular weight excluding hydrogens is 997 g/mol. The van der Waals surface area contributed by atoms with Crippen molar-refractivity contribution >= 4 is 17.9 Å². The first kappa shape index (κ1) is 77.3. The predicted octanol–water partition coefficient (Wildman–Crippen LogP) is 24.0. The van der Waals surface area contributed by atoms with Crippen molar-refractivity contribution in [3.63, 3.8) is 0 Å². The lowest BCUT2D eigenvalue weighted by atomic mass is 10.0. The van der Waals surface area contributed by atoms with E-state index in [0.717, 1.165) is 109 Å². The average Bonchev–Trinajstić information content (AvgIpc) is 3.46. The second-order valence-electron chi connectivity index (χ2n) is 23.1. The van der Waals surface area contributed by atoms with Gasteiger partial charge in [0.05, 0.1) is 0 Å². The highest BCUT2D eigenvalue weighted by Gasteiger charge is 2.19. The highest BCUT2D eigenvalue weighted by Crippen LogP contribution is 2.17. The molecule has 0 aromatic rings. The number of hydrogen-bond donors (Lipinski definition) is 0. The highest BCUT2D eigenvalue weighted by atomic mass is 16.6. The summed E-state index contributed by atoms with van der Waals surface area (Å²) >= 11 is 0. The van der Waals surface area contributed by atoms with Crippen LogP contribution in [0.4, 0.5) is 0 Å². The highest BCUT2D eigenvalue weighted by molar-refractivity contribution is 5.71. The van der Waals surface area contributed by atoms with Crippen molar-refractivity contribution in [3.05, 3.63) is 97.2 Å². The van der Waals surface area contributed by atoms with Gasteiger partial charge < -0.3 is 14.2 Å². The van der Waals surface area contributed by atoms with Gasteiger partial charge in [0.2, 0.25) is 0 Å². The number of allylic oxidation sites excluding steroid dienone is 16. The zero-order valence-electron chi connectivity index (χ0n) is 53.5. The molecule has 0 aromatic carbocycles. The first-order valence-electron chi connectivity index (χ1n) is 34.7. The van der Waals surface area contributed by atoms with Crippen molar-refractivity contribution in [2.24, 2.45) is 0 Å². The van der Waals surface area contributed by atoms with Crippen LogP contribution in [0, 0.1) is 0 Å². The molecule has 0 N–H and O–H groups in total. The number of ether oxygens (including phenoxy) is 3. The molecule has 1 atom stereocenters. The number of carbonyl (C=O) groups is 3. The van der Waals surface area contributed by atoms with Crippen molar-refractivity contribution in [2.45, 2.75) is 348 Å². The molecule has 0 aliphatic rings. The molecular formula is C75H130O6. The number of hydrogen-bond acceptors (Lipinski definition) is 6. The van der Waals surface area contributed by atoms with E-state index in [1.165, 1.54) is 193 Å². The van der Waals surface area contributed by atoms with Gasteiger partial charge in [0.1, 0.15) is 13.2 Å². The summed E-state index contributed by atoms with van der Waals surface area (Å²) in [6, 6.07) is 0. The summed E-state index contributed by atoms with van der Waals surface area (Å²) in [6.45, 7) is 6.50. The molecule has 0 aliphatic heterocycles. The molecule has 0 aliphatic carbocycles. The van der Waals surface area contributed by atoms with Gasteiger partial charge in [-0.05, 0) is 103 Å². The minimum absolute atomic E-state index is 0.0770. The lowest BCUT2D eigenvalue weighted by Crippen LogP contribution is -2.30. The van der Waals surface area contributed by atoms with E-state index in [4.69, 9.17) is 14.2 Å². The van der Waals surface area contributed by atoms with Crippen LogP contribution in [-0.4, -0.2) is 37.2 Å². The SMILES string of the molecule is CC/C=C\C/C=C\C/C=C\C/C=C\C/C=C\CCCCCCCCCCCC(=O)OC(COC(=O)CCCCCCCCC)COC(=O)CCCCCCCCCCCCCCCCCC/C=C\C/C=C\C/C=C\CCCCCCC. The Morgan fingerprint density at radius 2 is 0.481 bits per heavy atom. The Bertz CT molecular complexity index is 1580. The summed E-state index contributed by atoms with van der Waals surface area (Å²) < 4.78 is 16.9. The van der Waals surface area contributed by atoms with Crippen LogP contribution in [0.5, 0.6) is 0 Å². The summed E-state index contributed by atoms with van der Waals surface area (Å²) in [5.41, 5.74) is 0. The maximum Gasteiger partial charge on any atom is 0.306 e. The summed E-state index contributed by atoms with van der Waals surface area (Å²) in [5.74, 6) is -0.877. The van der Waals surface area contributed by atoms with Crippen molar-refractivity contribution in [1.82, 2.24) is 0 Å². The van der Waals surface area contributed by atoms with E-state index < -0.39 is 6.10 Å². The molecule has 81 heavy (non-hydrogen) atoms. The van der Waals surface area contributed by atoms with E-state index in [-0.39, 0.29) is 31.1 Å². The molecule has 0 spiro atoms. The van der Waals surface area contributed by atoms with E-state index in [1.54, 1.807) is 0 Å². The zero-order valence-corrected chi connectivity index (χ0v) is 53.5. The monoisotopic (exact) mass is 1130 g/mol. The lowest BCUT2D eigenvalue weighted by Gasteiger charge is -2.18. The summed E-state index contributed by atoms with van der Waals surface area (Å²) in [4.78, 5) is 38.2. The van der Waals surface area contributed by atoms with Gasteiger partial charge in [0, 0.05) is 19.3 Å². The maximum absolute atomic E-state index is 12.9. The van der Waals surface area contributed by atoms with Crippen LogP contribution in [0.2, 0.25) is 0 Å². The van der Waals surface area contributed by atoms with E-state index >= 15 is 0 Å². The van der Waals surface area contributed by atoms with Crippen LogP contribution in [-0.2, 0) is 28.6 Å². The summed E-state index contributed by atoms with van der Waals surface area (Å²) in [5, 5.41) is 0. The molecule has 0 saturated carbocycles. The predicted molar refractivity (Wildman–Crippen MR) is 353 cm³/mol. The molecule has 0 bridgehead atoms. The first-order chi connectivity index (χ1) is 40.0. The molecule has 466 valence electrons. The largest absolute Gasteiger partial charge is 0.462 e. The minimum atomic E-state index is -0.779. The molecule has 0 fully saturated rings. The Hall–Kier alpha value is -3.67. The van der Waals surface area contributed by atoms with Crippen LogP contribution in [0.25, 0.3) is 0 Å². The van der Waals surface area contributed by atoms with E-state index in [9.17, 15) is 14.4 Å². The van der Waals surface area contributed by atoms with E-state index in [0.29, 0.717) is 19.3 Å². The van der Waals surface area contributed by atoms with E-state index in [2.05, 4.69) is 118 Å². The van der Waals surface area contributed by atoms with Crippen molar-refractivity contribution in [1.29, 1.82) is 0 Å². The van der Waals surface area contributed by atoms with Gasteiger partial charge in [-0.3, -0.25) is 14.4 Å². The van der Waals surface area contributed by atoms with Crippen LogP contribution < -0.4 is 0 Å². The molecule has 0 rings (SSSR count). The Kier molecular flexibility index (Phi) is 65.7. The van der Waals surface area contributed by atoms with Gasteiger partial charge >= 0.3 is 17.9 Å². The molecule has 0 aromatic heterocycles. The number of carbonyl (C=O) groups excluding carboxylic acids is 3. The Morgan fingerprint density at radius 3 is 0.753 bits per heavy atom.